The van der Waals surface area contributed by atoms with Crippen molar-refractivity contribution in [2.75, 3.05) is 16.8 Å². The second-order valence-electron chi connectivity index (χ2n) is 5.85. The van der Waals surface area contributed by atoms with Gasteiger partial charge in [0.1, 0.15) is 0 Å². The van der Waals surface area contributed by atoms with Gasteiger partial charge in [-0.1, -0.05) is 33.6 Å². The molecule has 1 aliphatic rings. The number of halogens is 1. The van der Waals surface area contributed by atoms with Crippen molar-refractivity contribution in [3.8, 4) is 0 Å². The van der Waals surface area contributed by atoms with Crippen molar-refractivity contribution in [2.45, 2.75) is 19.4 Å². The number of nitrogens with zero attached hydrogens (tertiary/aromatic N) is 1. The van der Waals surface area contributed by atoms with Crippen LogP contribution < -0.4 is 15.5 Å². The van der Waals surface area contributed by atoms with E-state index in [4.69, 9.17) is 0 Å². The third kappa shape index (κ3) is 3.94. The van der Waals surface area contributed by atoms with Gasteiger partial charge >= 0.3 is 6.03 Å². The second kappa shape index (κ2) is 7.05. The molecule has 2 aromatic rings. The lowest BCUT2D eigenvalue weighted by Gasteiger charge is -2.17. The average molecular weight is 388 g/mol. The molecule has 1 heterocycles. The summed E-state index contributed by atoms with van der Waals surface area (Å²) in [7, 11) is 0. The number of rotatable bonds is 3. The number of anilines is 2. The van der Waals surface area contributed by atoms with E-state index in [-0.39, 0.29) is 18.0 Å². The molecular formula is C18H18BrN3O2. The van der Waals surface area contributed by atoms with E-state index >= 15 is 0 Å². The monoisotopic (exact) mass is 387 g/mol. The van der Waals surface area contributed by atoms with Crippen molar-refractivity contribution in [1.29, 1.82) is 0 Å². The Hall–Kier alpha value is -2.34. The van der Waals surface area contributed by atoms with Gasteiger partial charge in [0.25, 0.3) is 0 Å². The third-order valence-corrected chi connectivity index (χ3v) is 4.44. The summed E-state index contributed by atoms with van der Waals surface area (Å²) in [5, 5.41) is 5.63. The Morgan fingerprint density at radius 2 is 1.79 bits per heavy atom. The number of carbonyl (C=O) groups is 2. The lowest BCUT2D eigenvalue weighted by molar-refractivity contribution is -0.117. The fraction of sp³-hybridized carbons (Fsp3) is 0.222. The van der Waals surface area contributed by atoms with E-state index in [9.17, 15) is 9.59 Å². The molecule has 2 N–H and O–H groups in total. The molecule has 1 saturated heterocycles. The fourth-order valence-electron chi connectivity index (χ4n) is 2.66. The molecule has 0 bridgehead atoms. The van der Waals surface area contributed by atoms with Gasteiger partial charge in [0, 0.05) is 28.8 Å². The van der Waals surface area contributed by atoms with Gasteiger partial charge in [-0.25, -0.2) is 4.79 Å². The highest BCUT2D eigenvalue weighted by Crippen LogP contribution is 2.22. The standard InChI is InChI=1S/C18H18BrN3O2/c1-12-2-8-16(9-3-12)22-11-15(10-17(22)23)21-18(24)20-14-6-4-13(19)5-7-14/h2-9,15H,10-11H2,1H3,(H2,20,21,24). The number of hydrogen-bond acceptors (Lipinski definition) is 2. The van der Waals surface area contributed by atoms with Crippen LogP contribution in [0.1, 0.15) is 12.0 Å². The predicted octanol–water partition coefficient (Wildman–Crippen LogP) is 3.68. The molecule has 1 unspecified atom stereocenters. The van der Waals surface area contributed by atoms with Gasteiger partial charge in [-0.05, 0) is 43.3 Å². The maximum absolute atomic E-state index is 12.2. The van der Waals surface area contributed by atoms with Gasteiger partial charge in [0.2, 0.25) is 5.91 Å². The van der Waals surface area contributed by atoms with Crippen LogP contribution in [0.5, 0.6) is 0 Å². The number of aryl methyl sites for hydroxylation is 1. The van der Waals surface area contributed by atoms with Crippen LogP contribution in [-0.2, 0) is 4.79 Å². The Kier molecular flexibility index (Phi) is 4.85. The summed E-state index contributed by atoms with van der Waals surface area (Å²) >= 11 is 3.35. The quantitative estimate of drug-likeness (QED) is 0.843. The molecule has 1 atom stereocenters. The molecule has 24 heavy (non-hydrogen) atoms. The van der Waals surface area contributed by atoms with Crippen molar-refractivity contribution in [2.24, 2.45) is 0 Å². The Morgan fingerprint density at radius 1 is 1.12 bits per heavy atom. The van der Waals surface area contributed by atoms with Gasteiger partial charge in [0.15, 0.2) is 0 Å². The molecule has 124 valence electrons. The first-order valence-corrected chi connectivity index (χ1v) is 8.51. The lowest BCUT2D eigenvalue weighted by atomic mass is 10.2. The molecule has 0 aliphatic carbocycles. The SMILES string of the molecule is Cc1ccc(N2CC(NC(=O)Nc3ccc(Br)cc3)CC2=O)cc1. The van der Waals surface area contributed by atoms with E-state index in [1.165, 1.54) is 0 Å². The van der Waals surface area contributed by atoms with Crippen molar-refractivity contribution in [1.82, 2.24) is 5.32 Å². The van der Waals surface area contributed by atoms with Gasteiger partial charge in [-0.15, -0.1) is 0 Å². The van der Waals surface area contributed by atoms with Gasteiger partial charge < -0.3 is 15.5 Å². The topological polar surface area (TPSA) is 61.4 Å². The minimum Gasteiger partial charge on any atom is -0.333 e. The maximum atomic E-state index is 12.2. The lowest BCUT2D eigenvalue weighted by Crippen LogP contribution is -2.39. The molecule has 0 aromatic heterocycles. The number of amides is 3. The van der Waals surface area contributed by atoms with Crippen LogP contribution in [0, 0.1) is 6.92 Å². The molecule has 0 spiro atoms. The third-order valence-electron chi connectivity index (χ3n) is 3.91. The van der Waals surface area contributed by atoms with E-state index < -0.39 is 0 Å². The summed E-state index contributed by atoms with van der Waals surface area (Å²) < 4.78 is 0.948. The molecule has 3 amide bonds. The smallest absolute Gasteiger partial charge is 0.319 e. The first-order chi connectivity index (χ1) is 11.5. The zero-order chi connectivity index (χ0) is 17.1. The van der Waals surface area contributed by atoms with E-state index in [0.717, 1.165) is 15.7 Å². The zero-order valence-corrected chi connectivity index (χ0v) is 14.8. The molecule has 0 saturated carbocycles. The molecule has 6 heteroatoms. The fourth-order valence-corrected chi connectivity index (χ4v) is 2.93. The van der Waals surface area contributed by atoms with E-state index in [2.05, 4.69) is 26.6 Å². The molecular weight excluding hydrogens is 370 g/mol. The van der Waals surface area contributed by atoms with Gasteiger partial charge in [0.05, 0.1) is 6.04 Å². The van der Waals surface area contributed by atoms with Crippen LogP contribution in [0.2, 0.25) is 0 Å². The number of benzene rings is 2. The predicted molar refractivity (Wildman–Crippen MR) is 98.2 cm³/mol. The number of nitrogens with one attached hydrogen (secondary N) is 2. The van der Waals surface area contributed by atoms with Crippen LogP contribution in [0.15, 0.2) is 53.0 Å². The Morgan fingerprint density at radius 3 is 2.46 bits per heavy atom. The maximum Gasteiger partial charge on any atom is 0.319 e. The second-order valence-corrected chi connectivity index (χ2v) is 6.76. The number of hydrogen-bond donors (Lipinski definition) is 2. The Labute approximate surface area is 149 Å². The number of urea groups is 1. The summed E-state index contributed by atoms with van der Waals surface area (Å²) in [6, 6.07) is 14.6. The molecule has 1 aliphatic heterocycles. The summed E-state index contributed by atoms with van der Waals surface area (Å²) in [5.41, 5.74) is 2.72. The van der Waals surface area contributed by atoms with Crippen molar-refractivity contribution in [3.05, 3.63) is 58.6 Å². The minimum atomic E-state index is -0.305. The Balaban J connectivity index is 1.58. The number of carbonyl (C=O) groups excluding carboxylic acids is 2. The highest BCUT2D eigenvalue weighted by Gasteiger charge is 2.31. The highest BCUT2D eigenvalue weighted by molar-refractivity contribution is 9.10. The van der Waals surface area contributed by atoms with Gasteiger partial charge in [-0.3, -0.25) is 4.79 Å². The highest BCUT2D eigenvalue weighted by atomic mass is 79.9. The van der Waals surface area contributed by atoms with Crippen molar-refractivity contribution < 1.29 is 9.59 Å². The van der Waals surface area contributed by atoms with E-state index in [1.54, 1.807) is 4.90 Å². The summed E-state index contributed by atoms with van der Waals surface area (Å²) in [6.07, 6.45) is 0.307. The van der Waals surface area contributed by atoms with Crippen LogP contribution in [0.3, 0.4) is 0 Å². The average Bonchev–Trinajstić information content (AvgIpc) is 2.90. The molecule has 2 aromatic carbocycles. The summed E-state index contributed by atoms with van der Waals surface area (Å²) in [6.45, 7) is 2.49. The van der Waals surface area contributed by atoms with Crippen LogP contribution in [-0.4, -0.2) is 24.5 Å². The van der Waals surface area contributed by atoms with Crippen LogP contribution in [0.25, 0.3) is 0 Å². The molecule has 0 radical (unpaired) electrons. The summed E-state index contributed by atoms with van der Waals surface area (Å²) in [5.74, 6) is 0.0211. The molecule has 1 fully saturated rings. The zero-order valence-electron chi connectivity index (χ0n) is 13.3. The first kappa shape index (κ1) is 16.5. The van der Waals surface area contributed by atoms with Gasteiger partial charge in [-0.2, -0.15) is 0 Å². The van der Waals surface area contributed by atoms with Crippen molar-refractivity contribution in [3.63, 3.8) is 0 Å². The minimum absolute atomic E-state index is 0.0211. The Bertz CT molecular complexity index is 744. The van der Waals surface area contributed by atoms with Crippen LogP contribution >= 0.6 is 15.9 Å². The van der Waals surface area contributed by atoms with Crippen molar-refractivity contribution >= 4 is 39.2 Å². The van der Waals surface area contributed by atoms with Crippen LogP contribution in [0.4, 0.5) is 16.2 Å². The summed E-state index contributed by atoms with van der Waals surface area (Å²) in [4.78, 5) is 26.0. The molecule has 5 nitrogen and oxygen atoms in total. The molecule has 3 rings (SSSR count). The largest absolute Gasteiger partial charge is 0.333 e. The van der Waals surface area contributed by atoms with E-state index in [0.29, 0.717) is 18.7 Å². The first-order valence-electron chi connectivity index (χ1n) is 7.71. The normalized spacial score (nSPS) is 17.0. The van der Waals surface area contributed by atoms with E-state index in [1.807, 2.05) is 55.5 Å².